The molecule has 1 N–H and O–H groups in total. The number of hydrogen-bond donors (Lipinski definition) is 1. The van der Waals surface area contributed by atoms with Crippen LogP contribution in [-0.4, -0.2) is 17.2 Å². The van der Waals surface area contributed by atoms with E-state index in [1.807, 2.05) is 0 Å². The smallest absolute Gasteiger partial charge is 0.120 e. The number of nitrogens with zero attached hydrogens (tertiary/aromatic N) is 1. The van der Waals surface area contributed by atoms with Gasteiger partial charge in [-0.05, 0) is 70.8 Å². The average Bonchev–Trinajstić information content (AvgIpc) is 2.79. The molecule has 0 saturated carbocycles. The van der Waals surface area contributed by atoms with E-state index in [2.05, 4.69) is 69.6 Å². The van der Waals surface area contributed by atoms with Gasteiger partial charge in [0.15, 0.2) is 0 Å². The zero-order valence-corrected chi connectivity index (χ0v) is 15.6. The van der Waals surface area contributed by atoms with Crippen LogP contribution >= 0.6 is 0 Å². The first-order valence-corrected chi connectivity index (χ1v) is 9.00. The van der Waals surface area contributed by atoms with Gasteiger partial charge in [0, 0.05) is 29.2 Å². The van der Waals surface area contributed by atoms with Crippen molar-refractivity contribution in [2.75, 3.05) is 6.54 Å². The van der Waals surface area contributed by atoms with E-state index < -0.39 is 0 Å². The highest BCUT2D eigenvalue weighted by Gasteiger charge is 2.16. The van der Waals surface area contributed by atoms with Gasteiger partial charge in [0.25, 0.3) is 0 Å². The topological polar surface area (TPSA) is 26.2 Å². The summed E-state index contributed by atoms with van der Waals surface area (Å²) in [5.74, 6) is 0.976. The summed E-state index contributed by atoms with van der Waals surface area (Å²) in [6.07, 6.45) is 2.43. The molecule has 1 atom stereocenters. The molecule has 0 unspecified atom stereocenters. The lowest BCUT2D eigenvalue weighted by Crippen LogP contribution is -2.14. The molecule has 2 rings (SSSR count). The molecule has 0 aliphatic carbocycles. The van der Waals surface area contributed by atoms with Crippen molar-refractivity contribution in [3.63, 3.8) is 0 Å². The van der Waals surface area contributed by atoms with Crippen LogP contribution in [0.4, 0.5) is 0 Å². The van der Waals surface area contributed by atoms with Crippen LogP contribution in [0, 0.1) is 6.92 Å². The molecule has 0 aliphatic heterocycles. The molecular formula is C20H32N2O. The molecule has 1 aromatic heterocycles. The van der Waals surface area contributed by atoms with E-state index in [4.69, 9.17) is 4.74 Å². The summed E-state index contributed by atoms with van der Waals surface area (Å²) in [4.78, 5) is 0. The number of benzene rings is 1. The molecule has 2 aromatic rings. The van der Waals surface area contributed by atoms with Crippen molar-refractivity contribution in [3.05, 3.63) is 29.5 Å². The maximum Gasteiger partial charge on any atom is 0.120 e. The van der Waals surface area contributed by atoms with Gasteiger partial charge in [-0.3, -0.25) is 0 Å². The highest BCUT2D eigenvalue weighted by molar-refractivity contribution is 5.87. The van der Waals surface area contributed by atoms with Gasteiger partial charge < -0.3 is 14.6 Å². The monoisotopic (exact) mass is 316 g/mol. The van der Waals surface area contributed by atoms with E-state index in [1.165, 1.54) is 22.2 Å². The Morgan fingerprint density at radius 1 is 1.17 bits per heavy atom. The minimum Gasteiger partial charge on any atom is -0.491 e. The van der Waals surface area contributed by atoms with Crippen LogP contribution in [-0.2, 0) is 6.54 Å². The third-order valence-corrected chi connectivity index (χ3v) is 4.51. The molecule has 0 amide bonds. The standard InChI is InChI=1S/C20H32N2O/c1-7-11-21-13-19-16(6)22(14(3)4)20-10-9-17(12-18(19)20)23-15(5)8-2/h9-10,12,14-15,21H,7-8,11,13H2,1-6H3/t15-/m0/s1. The first kappa shape index (κ1) is 17.9. The summed E-state index contributed by atoms with van der Waals surface area (Å²) in [5, 5.41) is 4.87. The quantitative estimate of drug-likeness (QED) is 0.677. The van der Waals surface area contributed by atoms with Gasteiger partial charge in [-0.1, -0.05) is 13.8 Å². The Morgan fingerprint density at radius 2 is 1.91 bits per heavy atom. The number of nitrogens with one attached hydrogen (secondary N) is 1. The van der Waals surface area contributed by atoms with Crippen molar-refractivity contribution in [1.29, 1.82) is 0 Å². The fraction of sp³-hybridized carbons (Fsp3) is 0.600. The van der Waals surface area contributed by atoms with Crippen molar-refractivity contribution in [2.45, 2.75) is 73.1 Å². The second-order valence-electron chi connectivity index (χ2n) is 6.72. The Labute approximate surface area is 141 Å². The van der Waals surface area contributed by atoms with Crippen molar-refractivity contribution < 1.29 is 4.74 Å². The SMILES string of the molecule is CCCNCc1c(C)n(C(C)C)c2ccc(O[C@@H](C)CC)cc12. The fourth-order valence-corrected chi connectivity index (χ4v) is 3.16. The summed E-state index contributed by atoms with van der Waals surface area (Å²) in [5.41, 5.74) is 4.07. The number of hydrogen-bond acceptors (Lipinski definition) is 2. The lowest BCUT2D eigenvalue weighted by Gasteiger charge is -2.14. The second kappa shape index (κ2) is 7.87. The Hall–Kier alpha value is -1.48. The van der Waals surface area contributed by atoms with Crippen molar-refractivity contribution in [2.24, 2.45) is 0 Å². The average molecular weight is 316 g/mol. The van der Waals surface area contributed by atoms with E-state index in [0.717, 1.165) is 31.7 Å². The van der Waals surface area contributed by atoms with Crippen LogP contribution in [0.15, 0.2) is 18.2 Å². The molecule has 0 fully saturated rings. The van der Waals surface area contributed by atoms with E-state index in [9.17, 15) is 0 Å². The Bertz CT molecular complexity index is 643. The largest absolute Gasteiger partial charge is 0.491 e. The number of aromatic nitrogens is 1. The van der Waals surface area contributed by atoms with Gasteiger partial charge >= 0.3 is 0 Å². The van der Waals surface area contributed by atoms with Gasteiger partial charge in [0.1, 0.15) is 5.75 Å². The highest BCUT2D eigenvalue weighted by Crippen LogP contribution is 2.32. The summed E-state index contributed by atoms with van der Waals surface area (Å²) < 4.78 is 8.47. The van der Waals surface area contributed by atoms with Gasteiger partial charge in [-0.2, -0.15) is 0 Å². The number of rotatable bonds is 8. The van der Waals surface area contributed by atoms with Gasteiger partial charge in [0.05, 0.1) is 6.10 Å². The Balaban J connectivity index is 2.47. The summed E-state index contributed by atoms with van der Waals surface area (Å²) >= 11 is 0. The van der Waals surface area contributed by atoms with Gasteiger partial charge in [-0.25, -0.2) is 0 Å². The van der Waals surface area contributed by atoms with Crippen LogP contribution in [0.1, 0.15) is 64.8 Å². The minimum absolute atomic E-state index is 0.252. The lowest BCUT2D eigenvalue weighted by molar-refractivity contribution is 0.217. The summed E-state index contributed by atoms with van der Waals surface area (Å²) in [6, 6.07) is 6.99. The molecule has 1 heterocycles. The predicted octanol–water partition coefficient (Wildman–Crippen LogP) is 5.21. The van der Waals surface area contributed by atoms with E-state index in [-0.39, 0.29) is 6.10 Å². The first-order chi connectivity index (χ1) is 11.0. The van der Waals surface area contributed by atoms with Crippen molar-refractivity contribution >= 4 is 10.9 Å². The molecule has 0 saturated heterocycles. The highest BCUT2D eigenvalue weighted by atomic mass is 16.5. The third-order valence-electron chi connectivity index (χ3n) is 4.51. The second-order valence-corrected chi connectivity index (χ2v) is 6.72. The zero-order valence-electron chi connectivity index (χ0n) is 15.6. The van der Waals surface area contributed by atoms with Crippen LogP contribution in [0.3, 0.4) is 0 Å². The maximum absolute atomic E-state index is 6.03. The van der Waals surface area contributed by atoms with E-state index in [1.54, 1.807) is 0 Å². The number of ether oxygens (including phenoxy) is 1. The van der Waals surface area contributed by atoms with Crippen molar-refractivity contribution in [1.82, 2.24) is 9.88 Å². The minimum atomic E-state index is 0.252. The molecule has 128 valence electrons. The molecule has 23 heavy (non-hydrogen) atoms. The fourth-order valence-electron chi connectivity index (χ4n) is 3.16. The van der Waals surface area contributed by atoms with Crippen LogP contribution < -0.4 is 10.1 Å². The molecule has 3 heteroatoms. The summed E-state index contributed by atoms with van der Waals surface area (Å²) in [7, 11) is 0. The Kier molecular flexibility index (Phi) is 6.11. The van der Waals surface area contributed by atoms with Gasteiger partial charge in [-0.15, -0.1) is 0 Å². The van der Waals surface area contributed by atoms with E-state index >= 15 is 0 Å². The normalized spacial score (nSPS) is 13.0. The Morgan fingerprint density at radius 3 is 2.52 bits per heavy atom. The summed E-state index contributed by atoms with van der Waals surface area (Å²) in [6.45, 7) is 15.2. The molecule has 3 nitrogen and oxygen atoms in total. The molecule has 0 bridgehead atoms. The first-order valence-electron chi connectivity index (χ1n) is 9.00. The number of fused-ring (bicyclic) bond motifs is 1. The molecule has 0 spiro atoms. The zero-order chi connectivity index (χ0) is 17.0. The van der Waals surface area contributed by atoms with Crippen LogP contribution in [0.25, 0.3) is 10.9 Å². The van der Waals surface area contributed by atoms with Gasteiger partial charge in [0.2, 0.25) is 0 Å². The van der Waals surface area contributed by atoms with Crippen molar-refractivity contribution in [3.8, 4) is 5.75 Å². The maximum atomic E-state index is 6.03. The molecule has 1 aromatic carbocycles. The van der Waals surface area contributed by atoms with Crippen LogP contribution in [0.5, 0.6) is 5.75 Å². The molecule has 0 radical (unpaired) electrons. The third kappa shape index (κ3) is 3.89. The lowest BCUT2D eigenvalue weighted by atomic mass is 10.1. The molecule has 0 aliphatic rings. The van der Waals surface area contributed by atoms with Crippen LogP contribution in [0.2, 0.25) is 0 Å². The van der Waals surface area contributed by atoms with E-state index in [0.29, 0.717) is 6.04 Å². The predicted molar refractivity (Wildman–Crippen MR) is 99.4 cm³/mol. The molecular weight excluding hydrogens is 284 g/mol.